The van der Waals surface area contributed by atoms with Crippen molar-refractivity contribution in [3.63, 3.8) is 0 Å². The highest BCUT2D eigenvalue weighted by Crippen LogP contribution is 2.27. The molecule has 15 heavy (non-hydrogen) atoms. The van der Waals surface area contributed by atoms with Gasteiger partial charge in [-0.25, -0.2) is 0 Å². The van der Waals surface area contributed by atoms with Crippen LogP contribution in [0.15, 0.2) is 30.3 Å². The predicted molar refractivity (Wildman–Crippen MR) is 45.5 cm³/mol. The third-order valence-corrected chi connectivity index (χ3v) is 1.61. The van der Waals surface area contributed by atoms with Crippen molar-refractivity contribution in [2.24, 2.45) is 5.73 Å². The summed E-state index contributed by atoms with van der Waals surface area (Å²) in [6.07, 6.45) is -6.69. The molecule has 0 radical (unpaired) electrons. The smallest absolute Gasteiger partial charge is 0.367 e. The van der Waals surface area contributed by atoms with Crippen molar-refractivity contribution < 1.29 is 22.7 Å². The monoisotopic (exact) mass is 219 g/mol. The fraction of sp³-hybridized carbons (Fsp3) is 0.222. The molecule has 2 N–H and O–H groups in total. The van der Waals surface area contributed by atoms with Crippen molar-refractivity contribution in [3.05, 3.63) is 35.9 Å². The summed E-state index contributed by atoms with van der Waals surface area (Å²) in [7, 11) is 0. The van der Waals surface area contributed by atoms with Crippen LogP contribution >= 0.6 is 0 Å². The van der Waals surface area contributed by atoms with Gasteiger partial charge >= 0.3 is 6.36 Å². The molecule has 0 bridgehead atoms. The first-order valence-electron chi connectivity index (χ1n) is 3.99. The number of benzene rings is 1. The molecule has 1 rings (SSSR count). The predicted octanol–water partition coefficient (Wildman–Crippen LogP) is 1.75. The van der Waals surface area contributed by atoms with E-state index in [1.54, 1.807) is 6.07 Å². The van der Waals surface area contributed by atoms with Gasteiger partial charge in [0.05, 0.1) is 0 Å². The van der Waals surface area contributed by atoms with E-state index < -0.39 is 18.4 Å². The molecule has 1 aromatic carbocycles. The second-order valence-electron chi connectivity index (χ2n) is 2.76. The normalized spacial score (nSPS) is 13.5. The summed E-state index contributed by atoms with van der Waals surface area (Å²) in [6.45, 7) is 0. The largest absolute Gasteiger partial charge is 0.523 e. The average molecular weight is 219 g/mol. The minimum atomic E-state index is -4.89. The minimum absolute atomic E-state index is 0.0716. The van der Waals surface area contributed by atoms with E-state index in [1.807, 2.05) is 0 Å². The van der Waals surface area contributed by atoms with Gasteiger partial charge in [-0.05, 0) is 5.56 Å². The van der Waals surface area contributed by atoms with Gasteiger partial charge in [0.25, 0.3) is 5.91 Å². The van der Waals surface area contributed by atoms with Gasteiger partial charge in [0.15, 0.2) is 6.10 Å². The number of halogens is 3. The van der Waals surface area contributed by atoms with Gasteiger partial charge in [-0.15, -0.1) is 13.2 Å². The highest BCUT2D eigenvalue weighted by atomic mass is 19.4. The average Bonchev–Trinajstić information content (AvgIpc) is 2.14. The van der Waals surface area contributed by atoms with Crippen molar-refractivity contribution in [1.29, 1.82) is 0 Å². The maximum absolute atomic E-state index is 11.9. The Kier molecular flexibility index (Phi) is 3.31. The molecule has 6 heteroatoms. The topological polar surface area (TPSA) is 52.3 Å². The molecule has 0 aliphatic heterocycles. The Morgan fingerprint density at radius 1 is 1.27 bits per heavy atom. The zero-order valence-electron chi connectivity index (χ0n) is 7.49. The summed E-state index contributed by atoms with van der Waals surface area (Å²) < 4.78 is 39.4. The lowest BCUT2D eigenvalue weighted by molar-refractivity contribution is -0.339. The van der Waals surface area contributed by atoms with Gasteiger partial charge in [-0.2, -0.15) is 0 Å². The Morgan fingerprint density at radius 2 is 1.80 bits per heavy atom. The van der Waals surface area contributed by atoms with Gasteiger partial charge in [-0.3, -0.25) is 9.53 Å². The fourth-order valence-corrected chi connectivity index (χ4v) is 1.05. The number of hydrogen-bond acceptors (Lipinski definition) is 2. The molecule has 0 saturated carbocycles. The van der Waals surface area contributed by atoms with Crippen LogP contribution in [0.2, 0.25) is 0 Å². The molecule has 0 aromatic heterocycles. The number of rotatable bonds is 3. The molecule has 0 saturated heterocycles. The van der Waals surface area contributed by atoms with Crippen molar-refractivity contribution in [2.75, 3.05) is 0 Å². The van der Waals surface area contributed by atoms with E-state index in [1.165, 1.54) is 24.3 Å². The molecule has 3 nitrogen and oxygen atoms in total. The zero-order valence-corrected chi connectivity index (χ0v) is 7.49. The molecule has 82 valence electrons. The van der Waals surface area contributed by atoms with Crippen LogP contribution in [0, 0.1) is 0 Å². The van der Waals surface area contributed by atoms with Crippen molar-refractivity contribution in [3.8, 4) is 0 Å². The number of primary amides is 1. The highest BCUT2D eigenvalue weighted by molar-refractivity contribution is 5.80. The van der Waals surface area contributed by atoms with Crippen molar-refractivity contribution in [2.45, 2.75) is 12.5 Å². The third kappa shape index (κ3) is 3.59. The molecule has 0 heterocycles. The van der Waals surface area contributed by atoms with Crippen LogP contribution in [0.5, 0.6) is 0 Å². The first-order chi connectivity index (χ1) is 6.90. The number of alkyl halides is 3. The third-order valence-electron chi connectivity index (χ3n) is 1.61. The maximum atomic E-state index is 11.9. The molecular formula is C9H8F3NO2. The summed E-state index contributed by atoms with van der Waals surface area (Å²) in [6, 6.07) is 7.26. The minimum Gasteiger partial charge on any atom is -0.367 e. The van der Waals surface area contributed by atoms with Crippen LogP contribution in [0.1, 0.15) is 11.7 Å². The Balaban J connectivity index is 2.90. The lowest BCUT2D eigenvalue weighted by atomic mass is 10.1. The molecule has 0 spiro atoms. The Bertz CT molecular complexity index is 337. The summed E-state index contributed by atoms with van der Waals surface area (Å²) in [5, 5.41) is 0. The maximum Gasteiger partial charge on any atom is 0.523 e. The molecular weight excluding hydrogens is 211 g/mol. The standard InChI is InChI=1S/C9H8F3NO2/c10-9(11,12)15-7(8(13)14)6-4-2-1-3-5-6/h1-5,7H,(H2,13,14). The molecule has 0 aliphatic rings. The van der Waals surface area contributed by atoms with Crippen molar-refractivity contribution in [1.82, 2.24) is 0 Å². The number of carbonyl (C=O) groups excluding carboxylic acids is 1. The number of amides is 1. The number of carbonyl (C=O) groups is 1. The van der Waals surface area contributed by atoms with Crippen molar-refractivity contribution >= 4 is 5.91 Å². The second kappa shape index (κ2) is 4.31. The molecule has 0 aliphatic carbocycles. The van der Waals surface area contributed by atoms with Crippen LogP contribution in [-0.4, -0.2) is 12.3 Å². The lowest BCUT2D eigenvalue weighted by Gasteiger charge is -2.16. The van der Waals surface area contributed by atoms with E-state index in [0.717, 1.165) is 0 Å². The Hall–Kier alpha value is -1.56. The lowest BCUT2D eigenvalue weighted by Crippen LogP contribution is -2.29. The highest BCUT2D eigenvalue weighted by Gasteiger charge is 2.36. The first-order valence-corrected chi connectivity index (χ1v) is 3.99. The summed E-state index contributed by atoms with van der Waals surface area (Å²) in [5.74, 6) is -1.18. The summed E-state index contributed by atoms with van der Waals surface area (Å²) >= 11 is 0. The van der Waals surface area contributed by atoms with E-state index >= 15 is 0 Å². The summed E-state index contributed by atoms with van der Waals surface area (Å²) in [5.41, 5.74) is 4.88. The fourth-order valence-electron chi connectivity index (χ4n) is 1.05. The second-order valence-corrected chi connectivity index (χ2v) is 2.76. The van der Waals surface area contributed by atoms with Crippen LogP contribution in [0.4, 0.5) is 13.2 Å². The molecule has 1 atom stereocenters. The zero-order chi connectivity index (χ0) is 11.5. The quantitative estimate of drug-likeness (QED) is 0.841. The van der Waals surface area contributed by atoms with Crippen LogP contribution in [-0.2, 0) is 9.53 Å². The van der Waals surface area contributed by atoms with E-state index in [-0.39, 0.29) is 5.56 Å². The van der Waals surface area contributed by atoms with Crippen LogP contribution in [0.3, 0.4) is 0 Å². The first kappa shape index (κ1) is 11.5. The van der Waals surface area contributed by atoms with E-state index in [2.05, 4.69) is 4.74 Å². The van der Waals surface area contributed by atoms with Gasteiger partial charge < -0.3 is 5.73 Å². The number of nitrogens with two attached hydrogens (primary N) is 1. The van der Waals surface area contributed by atoms with E-state index in [0.29, 0.717) is 0 Å². The van der Waals surface area contributed by atoms with E-state index in [9.17, 15) is 18.0 Å². The Labute approximate surface area is 83.6 Å². The summed E-state index contributed by atoms with van der Waals surface area (Å²) in [4.78, 5) is 10.8. The van der Waals surface area contributed by atoms with Gasteiger partial charge in [0, 0.05) is 0 Å². The molecule has 1 aromatic rings. The molecule has 1 amide bonds. The van der Waals surface area contributed by atoms with Gasteiger partial charge in [0.1, 0.15) is 0 Å². The molecule has 0 fully saturated rings. The van der Waals surface area contributed by atoms with Gasteiger partial charge in [-0.1, -0.05) is 30.3 Å². The SMILES string of the molecule is NC(=O)C(OC(F)(F)F)c1ccccc1. The Morgan fingerprint density at radius 3 is 2.20 bits per heavy atom. The number of hydrogen-bond donors (Lipinski definition) is 1. The number of ether oxygens (including phenoxy) is 1. The van der Waals surface area contributed by atoms with Crippen LogP contribution < -0.4 is 5.73 Å². The van der Waals surface area contributed by atoms with Crippen LogP contribution in [0.25, 0.3) is 0 Å². The van der Waals surface area contributed by atoms with E-state index in [4.69, 9.17) is 5.73 Å². The molecule has 1 unspecified atom stereocenters. The van der Waals surface area contributed by atoms with Gasteiger partial charge in [0.2, 0.25) is 0 Å².